The summed E-state index contributed by atoms with van der Waals surface area (Å²) in [6.07, 6.45) is 6.77. The molecule has 0 unspecified atom stereocenters. The van der Waals surface area contributed by atoms with Crippen molar-refractivity contribution < 1.29 is 0 Å². The zero-order valence-electron chi connectivity index (χ0n) is 40.9. The Hall–Kier alpha value is -7.78. The van der Waals surface area contributed by atoms with E-state index < -0.39 is 5.41 Å². The fourth-order valence-corrected chi connectivity index (χ4v) is 16.4. The Morgan fingerprint density at radius 3 is 1.36 bits per heavy atom. The lowest BCUT2D eigenvalue weighted by Gasteiger charge is -2.65. The third kappa shape index (κ3) is 6.59. The zero-order valence-corrected chi connectivity index (χ0v) is 41.7. The molecule has 4 fully saturated rings. The lowest BCUT2D eigenvalue weighted by Crippen LogP contribution is -2.59. The van der Waals surface area contributed by atoms with Crippen LogP contribution in [-0.4, -0.2) is 0 Å². The highest BCUT2D eigenvalue weighted by Crippen LogP contribution is 2.70. The van der Waals surface area contributed by atoms with E-state index in [4.69, 9.17) is 0 Å². The molecule has 0 radical (unpaired) electrons. The molecular formula is C71H55NS. The van der Waals surface area contributed by atoms with E-state index in [0.717, 1.165) is 23.2 Å². The van der Waals surface area contributed by atoms with Crippen LogP contribution in [0.25, 0.3) is 53.6 Å². The molecule has 350 valence electrons. The lowest BCUT2D eigenvalue weighted by atomic mass is 9.38. The number of thiophene rings is 1. The first-order valence-corrected chi connectivity index (χ1v) is 27.4. The number of fused-ring (bicyclic) bond motifs is 5. The molecule has 10 aromatic carbocycles. The summed E-state index contributed by atoms with van der Waals surface area (Å²) >= 11 is 1.88. The zero-order chi connectivity index (χ0) is 48.1. The maximum Gasteiger partial charge on any atom is 0.0708 e. The lowest BCUT2D eigenvalue weighted by molar-refractivity contribution is -0.0440. The summed E-state index contributed by atoms with van der Waals surface area (Å²) < 4.78 is 2.66. The van der Waals surface area contributed by atoms with E-state index in [1.165, 1.54) is 114 Å². The van der Waals surface area contributed by atoms with E-state index in [9.17, 15) is 0 Å². The summed E-state index contributed by atoms with van der Waals surface area (Å²) in [5, 5.41) is 2.66. The van der Waals surface area contributed by atoms with Gasteiger partial charge in [0.05, 0.1) is 5.41 Å². The molecule has 0 saturated heterocycles. The molecule has 11 aromatic rings. The molecule has 1 nitrogen and oxygen atoms in total. The molecule has 5 aliphatic rings. The minimum atomic E-state index is -0.541. The van der Waals surface area contributed by atoms with Crippen LogP contribution in [0.4, 0.5) is 17.1 Å². The van der Waals surface area contributed by atoms with Gasteiger partial charge >= 0.3 is 0 Å². The van der Waals surface area contributed by atoms with Gasteiger partial charge in [0.15, 0.2) is 0 Å². The molecule has 0 amide bonds. The highest BCUT2D eigenvalue weighted by molar-refractivity contribution is 7.25. The molecule has 4 saturated carbocycles. The highest BCUT2D eigenvalue weighted by Gasteiger charge is 2.63. The van der Waals surface area contributed by atoms with Crippen LogP contribution in [0.1, 0.15) is 65.5 Å². The van der Waals surface area contributed by atoms with Gasteiger partial charge in [0.1, 0.15) is 0 Å². The number of hydrogen-bond acceptors (Lipinski definition) is 2. The van der Waals surface area contributed by atoms with E-state index >= 15 is 0 Å². The third-order valence-corrected chi connectivity index (χ3v) is 19.1. The summed E-state index contributed by atoms with van der Waals surface area (Å²) in [5.41, 5.74) is 18.9. The molecule has 0 N–H and O–H groups in total. The van der Waals surface area contributed by atoms with E-state index in [1.54, 1.807) is 11.1 Å². The van der Waals surface area contributed by atoms with Crippen molar-refractivity contribution in [2.24, 2.45) is 23.7 Å². The summed E-state index contributed by atoms with van der Waals surface area (Å²) in [6, 6.07) is 94.5. The quantitative estimate of drug-likeness (QED) is 0.147. The summed E-state index contributed by atoms with van der Waals surface area (Å²) in [7, 11) is 0. The largest absolute Gasteiger partial charge is 0.310 e. The maximum absolute atomic E-state index is 2.64. The number of rotatable bonds is 8. The summed E-state index contributed by atoms with van der Waals surface area (Å²) in [4.78, 5) is 2.52. The van der Waals surface area contributed by atoms with Crippen molar-refractivity contribution in [3.8, 4) is 33.4 Å². The van der Waals surface area contributed by atoms with Crippen molar-refractivity contribution in [3.05, 3.63) is 282 Å². The fraction of sp³-hybridized carbons (Fsp3) is 0.155. The second kappa shape index (κ2) is 16.9. The molecule has 2 heteroatoms. The molecule has 16 rings (SSSR count). The predicted octanol–water partition coefficient (Wildman–Crippen LogP) is 19.0. The Morgan fingerprint density at radius 1 is 0.315 bits per heavy atom. The summed E-state index contributed by atoms with van der Waals surface area (Å²) in [6.45, 7) is 0. The minimum absolute atomic E-state index is 0.0371. The van der Waals surface area contributed by atoms with Gasteiger partial charge in [-0.1, -0.05) is 200 Å². The molecule has 4 bridgehead atoms. The molecule has 73 heavy (non-hydrogen) atoms. The van der Waals surface area contributed by atoms with Gasteiger partial charge in [-0.2, -0.15) is 0 Å². The molecule has 1 heterocycles. The monoisotopic (exact) mass is 953 g/mol. The first-order chi connectivity index (χ1) is 36.1. The maximum atomic E-state index is 2.64. The van der Waals surface area contributed by atoms with E-state index in [0.29, 0.717) is 11.8 Å². The first-order valence-electron chi connectivity index (χ1n) is 26.6. The molecule has 0 atom stereocenters. The highest BCUT2D eigenvalue weighted by atomic mass is 32.1. The van der Waals surface area contributed by atoms with E-state index in [2.05, 4.69) is 254 Å². The van der Waals surface area contributed by atoms with Crippen LogP contribution in [0.2, 0.25) is 0 Å². The average molecular weight is 954 g/mol. The number of nitrogens with zero attached hydrogens (tertiary/aromatic N) is 1. The van der Waals surface area contributed by atoms with Crippen LogP contribution in [-0.2, 0) is 10.8 Å². The topological polar surface area (TPSA) is 3.24 Å². The van der Waals surface area contributed by atoms with Crippen molar-refractivity contribution in [1.29, 1.82) is 0 Å². The van der Waals surface area contributed by atoms with Crippen LogP contribution >= 0.6 is 11.3 Å². The molecular weight excluding hydrogens is 899 g/mol. The van der Waals surface area contributed by atoms with Crippen LogP contribution in [0.15, 0.2) is 249 Å². The standard InChI is InChI=1S/C71H55NS/c1-4-14-49(15-5-1)50-24-26-51(27-25-50)52-28-33-59(34-29-52)72(60-35-30-53(31-36-60)54-32-38-63-62-20-10-13-23-68(62)73-69(63)45-54)61-37-39-66-67(46-61)70(55-16-6-2-7-17-55,56-18-8-3-9-19-56)64-21-11-12-22-65(64)71(66)57-41-47-40-48(43-57)44-58(71)42-47/h1-39,45-48,57-58H,40-44H2/t47-,48+,57+,58-,71?. The van der Waals surface area contributed by atoms with Crippen molar-refractivity contribution in [1.82, 2.24) is 0 Å². The Bertz CT molecular complexity index is 3770. The SMILES string of the molecule is c1ccc(-c2ccc(-c3ccc(N(c4ccc(-c5ccc6c(c5)sc5ccccc56)cc4)c4ccc5c(c4)C(c4ccccc4)(c4ccccc4)c4ccccc4C54[C@H]5C[C@H]6C[C@H](C[C@H]4C6)C5)cc3)cc2)cc1. The average Bonchev–Trinajstić information content (AvgIpc) is 3.84. The molecule has 1 aromatic heterocycles. The molecule has 5 aliphatic carbocycles. The van der Waals surface area contributed by atoms with Gasteiger partial charge in [0.2, 0.25) is 0 Å². The van der Waals surface area contributed by atoms with Gasteiger partial charge < -0.3 is 4.90 Å². The van der Waals surface area contributed by atoms with Gasteiger partial charge in [0.25, 0.3) is 0 Å². The van der Waals surface area contributed by atoms with Gasteiger partial charge in [0, 0.05) is 42.6 Å². The second-order valence-corrected chi connectivity index (χ2v) is 22.7. The van der Waals surface area contributed by atoms with Crippen molar-refractivity contribution in [2.45, 2.75) is 42.9 Å². The number of benzene rings is 10. The first kappa shape index (κ1) is 42.9. The normalized spacial score (nSPS) is 21.0. The van der Waals surface area contributed by atoms with Gasteiger partial charge in [-0.15, -0.1) is 11.3 Å². The van der Waals surface area contributed by atoms with E-state index in [1.807, 2.05) is 11.3 Å². The van der Waals surface area contributed by atoms with Crippen LogP contribution in [0.3, 0.4) is 0 Å². The third-order valence-electron chi connectivity index (χ3n) is 18.0. The van der Waals surface area contributed by atoms with Crippen molar-refractivity contribution in [3.63, 3.8) is 0 Å². The summed E-state index contributed by atoms with van der Waals surface area (Å²) in [5.74, 6) is 2.97. The Labute approximate surface area is 433 Å². The Kier molecular flexibility index (Phi) is 9.93. The predicted molar refractivity (Wildman–Crippen MR) is 306 cm³/mol. The fourth-order valence-electron chi connectivity index (χ4n) is 15.2. The number of hydrogen-bond donors (Lipinski definition) is 0. The van der Waals surface area contributed by atoms with Crippen LogP contribution in [0, 0.1) is 23.7 Å². The van der Waals surface area contributed by atoms with Gasteiger partial charge in [-0.05, 0) is 171 Å². The van der Waals surface area contributed by atoms with Gasteiger partial charge in [-0.25, -0.2) is 0 Å². The van der Waals surface area contributed by atoms with Crippen molar-refractivity contribution >= 4 is 48.6 Å². The smallest absolute Gasteiger partial charge is 0.0708 e. The Morgan fingerprint density at radius 2 is 0.753 bits per heavy atom. The van der Waals surface area contributed by atoms with Crippen LogP contribution < -0.4 is 4.90 Å². The minimum Gasteiger partial charge on any atom is -0.310 e. The molecule has 0 aliphatic heterocycles. The van der Waals surface area contributed by atoms with Crippen LogP contribution in [0.5, 0.6) is 0 Å². The van der Waals surface area contributed by atoms with Gasteiger partial charge in [-0.3, -0.25) is 0 Å². The molecule has 1 spiro atoms. The number of anilines is 3. The van der Waals surface area contributed by atoms with E-state index in [-0.39, 0.29) is 5.41 Å². The van der Waals surface area contributed by atoms with Crippen molar-refractivity contribution in [2.75, 3.05) is 4.90 Å². The Balaban J connectivity index is 0.925. The second-order valence-electron chi connectivity index (χ2n) is 21.6.